The molecule has 1 aromatic heterocycles. The Labute approximate surface area is 154 Å². The van der Waals surface area contributed by atoms with Crippen LogP contribution in [0, 0.1) is 32.1 Å². The van der Waals surface area contributed by atoms with Gasteiger partial charge in [-0.3, -0.25) is 9.59 Å². The fourth-order valence-electron chi connectivity index (χ4n) is 2.29. The number of carbonyl (C=O) groups is 2. The molecule has 25 heavy (non-hydrogen) atoms. The standard InChI is InChI=1S/C18H26N4O2S/c1-7-22(9-16(23)20-11(2)3)17(24)10-25-18-15(8-19)13(5)12(4)14(6)21-18/h11H,7,9-10H2,1-6H3,(H,20,23). The average molecular weight is 362 g/mol. The second-order valence-corrected chi connectivity index (χ2v) is 7.12. The van der Waals surface area contributed by atoms with Crippen LogP contribution in [-0.4, -0.2) is 46.6 Å². The summed E-state index contributed by atoms with van der Waals surface area (Å²) in [5, 5.41) is 12.7. The van der Waals surface area contributed by atoms with Crippen molar-refractivity contribution in [2.45, 2.75) is 52.6 Å². The van der Waals surface area contributed by atoms with Crippen LogP contribution >= 0.6 is 11.8 Å². The Morgan fingerprint density at radius 3 is 2.44 bits per heavy atom. The Morgan fingerprint density at radius 1 is 1.28 bits per heavy atom. The van der Waals surface area contributed by atoms with Crippen LogP contribution in [0.5, 0.6) is 0 Å². The molecular formula is C18H26N4O2S. The van der Waals surface area contributed by atoms with Crippen LogP contribution < -0.4 is 5.32 Å². The molecule has 1 N–H and O–H groups in total. The van der Waals surface area contributed by atoms with Gasteiger partial charge in [0.15, 0.2) is 0 Å². The summed E-state index contributed by atoms with van der Waals surface area (Å²) in [6.45, 7) is 11.8. The van der Waals surface area contributed by atoms with E-state index >= 15 is 0 Å². The number of rotatable bonds is 7. The highest BCUT2D eigenvalue weighted by Crippen LogP contribution is 2.26. The van der Waals surface area contributed by atoms with Crippen molar-refractivity contribution in [1.82, 2.24) is 15.2 Å². The number of pyridine rings is 1. The number of carbonyl (C=O) groups excluding carboxylic acids is 2. The third kappa shape index (κ3) is 5.75. The number of nitrogens with one attached hydrogen (secondary N) is 1. The van der Waals surface area contributed by atoms with E-state index < -0.39 is 0 Å². The maximum absolute atomic E-state index is 12.4. The monoisotopic (exact) mass is 362 g/mol. The number of nitrogens with zero attached hydrogens (tertiary/aromatic N) is 3. The second kappa shape index (κ2) is 9.42. The lowest BCUT2D eigenvalue weighted by Gasteiger charge is -2.21. The molecule has 1 rings (SSSR count). The highest BCUT2D eigenvalue weighted by molar-refractivity contribution is 8.00. The van der Waals surface area contributed by atoms with Gasteiger partial charge in [-0.1, -0.05) is 11.8 Å². The first-order valence-electron chi connectivity index (χ1n) is 8.29. The van der Waals surface area contributed by atoms with Crippen LogP contribution in [0.15, 0.2) is 5.03 Å². The molecule has 0 aromatic carbocycles. The van der Waals surface area contributed by atoms with Gasteiger partial charge in [0.25, 0.3) is 0 Å². The summed E-state index contributed by atoms with van der Waals surface area (Å²) >= 11 is 1.24. The van der Waals surface area contributed by atoms with Crippen LogP contribution in [0.1, 0.15) is 43.2 Å². The van der Waals surface area contributed by atoms with Crippen LogP contribution in [0.2, 0.25) is 0 Å². The topological polar surface area (TPSA) is 86.1 Å². The zero-order valence-corrected chi connectivity index (χ0v) is 16.6. The summed E-state index contributed by atoms with van der Waals surface area (Å²) < 4.78 is 0. The Bertz CT molecular complexity index is 695. The van der Waals surface area contributed by atoms with Crippen molar-refractivity contribution in [3.8, 4) is 6.07 Å². The average Bonchev–Trinajstić information content (AvgIpc) is 2.54. The highest BCUT2D eigenvalue weighted by atomic mass is 32.2. The van der Waals surface area contributed by atoms with E-state index in [1.165, 1.54) is 16.7 Å². The predicted octanol–water partition coefficient (Wildman–Crippen LogP) is 2.34. The number of aryl methyl sites for hydroxylation is 1. The first-order chi connectivity index (χ1) is 11.7. The fraction of sp³-hybridized carbons (Fsp3) is 0.556. The molecule has 0 fully saturated rings. The third-order valence-corrected chi connectivity index (χ3v) is 4.89. The summed E-state index contributed by atoms with van der Waals surface area (Å²) in [5.74, 6) is -0.173. The molecule has 0 saturated heterocycles. The zero-order valence-electron chi connectivity index (χ0n) is 15.8. The Kier molecular flexibility index (Phi) is 7.91. The maximum atomic E-state index is 12.4. The molecule has 136 valence electrons. The minimum absolute atomic E-state index is 0.0385. The van der Waals surface area contributed by atoms with E-state index in [9.17, 15) is 14.9 Å². The van der Waals surface area contributed by atoms with Gasteiger partial charge in [-0.05, 0) is 52.7 Å². The zero-order chi connectivity index (χ0) is 19.1. The molecule has 7 heteroatoms. The van der Waals surface area contributed by atoms with E-state index in [0.29, 0.717) is 17.1 Å². The first-order valence-corrected chi connectivity index (χ1v) is 9.27. The number of hydrogen-bond acceptors (Lipinski definition) is 5. The lowest BCUT2D eigenvalue weighted by molar-refractivity contribution is -0.134. The minimum Gasteiger partial charge on any atom is -0.352 e. The van der Waals surface area contributed by atoms with Crippen molar-refractivity contribution in [2.24, 2.45) is 0 Å². The smallest absolute Gasteiger partial charge is 0.239 e. The SMILES string of the molecule is CCN(CC(=O)NC(C)C)C(=O)CSc1nc(C)c(C)c(C)c1C#N. The van der Waals surface area contributed by atoms with Gasteiger partial charge in [0.1, 0.15) is 11.1 Å². The number of thioether (sulfide) groups is 1. The summed E-state index contributed by atoms with van der Waals surface area (Å²) in [6.07, 6.45) is 0. The number of nitriles is 1. The van der Waals surface area contributed by atoms with Gasteiger partial charge in [-0.15, -0.1) is 0 Å². The van der Waals surface area contributed by atoms with Crippen molar-refractivity contribution < 1.29 is 9.59 Å². The fourth-order valence-corrected chi connectivity index (χ4v) is 3.27. The molecule has 0 unspecified atom stereocenters. The largest absolute Gasteiger partial charge is 0.352 e. The van der Waals surface area contributed by atoms with Gasteiger partial charge in [-0.2, -0.15) is 5.26 Å². The molecule has 1 heterocycles. The number of likely N-dealkylation sites (N-methyl/N-ethyl adjacent to an activating group) is 1. The number of aromatic nitrogens is 1. The van der Waals surface area contributed by atoms with Gasteiger partial charge in [0.2, 0.25) is 11.8 Å². The normalized spacial score (nSPS) is 10.5. The van der Waals surface area contributed by atoms with E-state index in [4.69, 9.17) is 0 Å². The van der Waals surface area contributed by atoms with Crippen LogP contribution in [0.3, 0.4) is 0 Å². The molecule has 2 amide bonds. The molecule has 0 saturated carbocycles. The van der Waals surface area contributed by atoms with Gasteiger partial charge in [0, 0.05) is 18.3 Å². The highest BCUT2D eigenvalue weighted by Gasteiger charge is 2.19. The molecule has 0 aliphatic carbocycles. The number of amides is 2. The van der Waals surface area contributed by atoms with E-state index in [0.717, 1.165) is 16.8 Å². The van der Waals surface area contributed by atoms with Crippen LogP contribution in [-0.2, 0) is 9.59 Å². The lowest BCUT2D eigenvalue weighted by atomic mass is 10.1. The maximum Gasteiger partial charge on any atom is 0.239 e. The summed E-state index contributed by atoms with van der Waals surface area (Å²) in [4.78, 5) is 30.2. The quantitative estimate of drug-likeness (QED) is 0.753. The van der Waals surface area contributed by atoms with Gasteiger partial charge in [0.05, 0.1) is 17.9 Å². The second-order valence-electron chi connectivity index (χ2n) is 6.16. The Morgan fingerprint density at radius 2 is 1.92 bits per heavy atom. The Balaban J connectivity index is 2.81. The van der Waals surface area contributed by atoms with Crippen LogP contribution in [0.25, 0.3) is 0 Å². The summed E-state index contributed by atoms with van der Waals surface area (Å²) in [5.41, 5.74) is 3.26. The van der Waals surface area contributed by atoms with E-state index in [-0.39, 0.29) is 30.2 Å². The number of hydrogen-bond donors (Lipinski definition) is 1. The van der Waals surface area contributed by atoms with Crippen molar-refractivity contribution >= 4 is 23.6 Å². The minimum atomic E-state index is -0.173. The molecule has 6 nitrogen and oxygen atoms in total. The molecule has 0 aliphatic rings. The van der Waals surface area contributed by atoms with Gasteiger partial charge in [-0.25, -0.2) is 4.98 Å². The van der Waals surface area contributed by atoms with Crippen LogP contribution in [0.4, 0.5) is 0 Å². The van der Waals surface area contributed by atoms with Gasteiger partial charge < -0.3 is 10.2 Å². The first kappa shape index (κ1) is 21.0. The van der Waals surface area contributed by atoms with Crippen molar-refractivity contribution in [3.63, 3.8) is 0 Å². The molecular weight excluding hydrogens is 336 g/mol. The van der Waals surface area contributed by atoms with Gasteiger partial charge >= 0.3 is 0 Å². The third-order valence-electron chi connectivity index (χ3n) is 3.93. The van der Waals surface area contributed by atoms with Crippen molar-refractivity contribution in [3.05, 3.63) is 22.4 Å². The van der Waals surface area contributed by atoms with Crippen molar-refractivity contribution in [2.75, 3.05) is 18.8 Å². The molecule has 0 spiro atoms. The molecule has 0 aliphatic heterocycles. The molecule has 0 atom stereocenters. The summed E-state index contributed by atoms with van der Waals surface area (Å²) in [7, 11) is 0. The van der Waals surface area contributed by atoms with E-state index in [2.05, 4.69) is 16.4 Å². The molecule has 0 bridgehead atoms. The lowest BCUT2D eigenvalue weighted by Crippen LogP contribution is -2.43. The molecule has 0 radical (unpaired) electrons. The predicted molar refractivity (Wildman–Crippen MR) is 99.4 cm³/mol. The van der Waals surface area contributed by atoms with E-state index in [1.807, 2.05) is 41.5 Å². The van der Waals surface area contributed by atoms with Crippen molar-refractivity contribution in [1.29, 1.82) is 5.26 Å². The summed E-state index contributed by atoms with van der Waals surface area (Å²) in [6, 6.07) is 2.22. The van der Waals surface area contributed by atoms with E-state index in [1.54, 1.807) is 0 Å². The molecule has 1 aromatic rings. The Hall–Kier alpha value is -2.07.